The lowest BCUT2D eigenvalue weighted by Crippen LogP contribution is -2.44. The van der Waals surface area contributed by atoms with Crippen LogP contribution in [0.1, 0.15) is 44.4 Å². The first-order valence-corrected chi connectivity index (χ1v) is 14.0. The molecule has 4 rings (SSSR count). The fourth-order valence-corrected chi connectivity index (χ4v) is 5.05. The molecule has 0 aromatic heterocycles. The third-order valence-corrected chi connectivity index (χ3v) is 6.93. The zero-order valence-electron chi connectivity index (χ0n) is 21.8. The zero-order chi connectivity index (χ0) is 28.2. The summed E-state index contributed by atoms with van der Waals surface area (Å²) in [5, 5.41) is 6.87. The largest absolute Gasteiger partial charge is 0.457 e. The Bertz CT molecular complexity index is 1290. The predicted molar refractivity (Wildman–Crippen MR) is 157 cm³/mol. The lowest BCUT2D eigenvalue weighted by molar-refractivity contribution is 0.0221. The Hall–Kier alpha value is -2.94. The van der Waals surface area contributed by atoms with Crippen molar-refractivity contribution < 1.29 is 19.1 Å². The van der Waals surface area contributed by atoms with Crippen molar-refractivity contribution in [3.63, 3.8) is 0 Å². The number of hydrogen-bond donors (Lipinski definition) is 2. The third kappa shape index (κ3) is 8.52. The minimum atomic E-state index is -0.619. The van der Waals surface area contributed by atoms with Crippen molar-refractivity contribution in [3.05, 3.63) is 92.4 Å². The van der Waals surface area contributed by atoms with Gasteiger partial charge in [-0.1, -0.05) is 63.4 Å². The van der Waals surface area contributed by atoms with Crippen LogP contribution in [0.25, 0.3) is 0 Å². The summed E-state index contributed by atoms with van der Waals surface area (Å²) < 4.78 is 12.4. The summed E-state index contributed by atoms with van der Waals surface area (Å²) >= 11 is 15.5. The van der Waals surface area contributed by atoms with Gasteiger partial charge in [-0.3, -0.25) is 4.90 Å². The first-order chi connectivity index (χ1) is 18.4. The van der Waals surface area contributed by atoms with Gasteiger partial charge in [0.2, 0.25) is 0 Å². The number of halogens is 3. The van der Waals surface area contributed by atoms with Crippen LogP contribution in [-0.2, 0) is 11.3 Å². The second-order valence-corrected chi connectivity index (χ2v) is 12.1. The summed E-state index contributed by atoms with van der Waals surface area (Å²) in [6.45, 7) is 6.19. The van der Waals surface area contributed by atoms with Crippen molar-refractivity contribution in [2.75, 3.05) is 6.54 Å². The van der Waals surface area contributed by atoms with E-state index in [0.29, 0.717) is 41.1 Å². The van der Waals surface area contributed by atoms with Gasteiger partial charge >= 0.3 is 12.1 Å². The van der Waals surface area contributed by atoms with Gasteiger partial charge < -0.3 is 20.1 Å². The lowest BCUT2D eigenvalue weighted by atomic mass is 10.0. The molecule has 1 aliphatic rings. The molecular weight excluding hydrogens is 605 g/mol. The Balaban J connectivity index is 1.33. The molecule has 2 unspecified atom stereocenters. The fraction of sp³-hybridized carbons (Fsp3) is 0.310. The average molecular weight is 635 g/mol. The van der Waals surface area contributed by atoms with Crippen LogP contribution in [0.4, 0.5) is 9.59 Å². The van der Waals surface area contributed by atoms with E-state index in [1.165, 1.54) is 0 Å². The number of ether oxygens (including phenoxy) is 2. The minimum absolute atomic E-state index is 0.208. The highest BCUT2D eigenvalue weighted by molar-refractivity contribution is 9.10. The number of urea groups is 1. The van der Waals surface area contributed by atoms with E-state index in [0.717, 1.165) is 15.6 Å². The van der Waals surface area contributed by atoms with Crippen molar-refractivity contribution in [1.29, 1.82) is 0 Å². The summed E-state index contributed by atoms with van der Waals surface area (Å²) in [6.07, 6.45) is 0.177. The molecule has 7 nitrogen and oxygen atoms in total. The Labute approximate surface area is 246 Å². The van der Waals surface area contributed by atoms with Gasteiger partial charge in [0.1, 0.15) is 17.1 Å². The van der Waals surface area contributed by atoms with Gasteiger partial charge in [-0.05, 0) is 80.8 Å². The van der Waals surface area contributed by atoms with Crippen LogP contribution in [0, 0.1) is 0 Å². The summed E-state index contributed by atoms with van der Waals surface area (Å²) in [5.41, 5.74) is 1.26. The number of rotatable bonds is 6. The molecule has 206 valence electrons. The maximum atomic E-state index is 13.0. The number of carbonyl (C=O) groups is 2. The van der Waals surface area contributed by atoms with E-state index in [1.54, 1.807) is 23.1 Å². The molecule has 2 atom stereocenters. The molecule has 1 aliphatic heterocycles. The van der Waals surface area contributed by atoms with E-state index in [1.807, 2.05) is 69.3 Å². The van der Waals surface area contributed by atoms with Gasteiger partial charge in [-0.25, -0.2) is 9.59 Å². The van der Waals surface area contributed by atoms with Crippen LogP contribution >= 0.6 is 39.1 Å². The summed E-state index contributed by atoms with van der Waals surface area (Å²) in [6, 6.07) is 19.4. The maximum absolute atomic E-state index is 13.0. The number of nitrogens with one attached hydrogen (secondary N) is 2. The number of carbonyl (C=O) groups excluding carboxylic acids is 2. The Kier molecular flexibility index (Phi) is 9.31. The number of amides is 3. The van der Waals surface area contributed by atoms with Gasteiger partial charge in [0.15, 0.2) is 0 Å². The summed E-state index contributed by atoms with van der Waals surface area (Å²) in [5.74, 6) is 1.16. The second-order valence-electron chi connectivity index (χ2n) is 10.3. The number of likely N-dealkylation sites (tertiary alicyclic amines) is 1. The molecule has 3 amide bonds. The molecule has 1 saturated heterocycles. The molecule has 10 heteroatoms. The van der Waals surface area contributed by atoms with Crippen LogP contribution in [0.2, 0.25) is 10.0 Å². The molecule has 0 bridgehead atoms. The van der Waals surface area contributed by atoms with E-state index in [-0.39, 0.29) is 18.1 Å². The number of nitrogens with zero attached hydrogens (tertiary/aromatic N) is 1. The van der Waals surface area contributed by atoms with Crippen molar-refractivity contribution in [1.82, 2.24) is 15.5 Å². The molecule has 0 saturated carbocycles. The molecule has 1 heterocycles. The van der Waals surface area contributed by atoms with Crippen molar-refractivity contribution in [2.24, 2.45) is 0 Å². The van der Waals surface area contributed by atoms with Crippen molar-refractivity contribution in [3.8, 4) is 11.5 Å². The van der Waals surface area contributed by atoms with E-state index < -0.39 is 11.7 Å². The first kappa shape index (κ1) is 29.1. The van der Waals surface area contributed by atoms with Gasteiger partial charge in [0.25, 0.3) is 0 Å². The highest BCUT2D eigenvalue weighted by atomic mass is 79.9. The molecule has 2 N–H and O–H groups in total. The highest BCUT2D eigenvalue weighted by Gasteiger charge is 2.39. The molecule has 1 fully saturated rings. The second kappa shape index (κ2) is 12.5. The quantitative estimate of drug-likeness (QED) is 0.287. The van der Waals surface area contributed by atoms with Gasteiger partial charge in [0.05, 0.1) is 12.1 Å². The molecule has 3 aromatic carbocycles. The lowest BCUT2D eigenvalue weighted by Gasteiger charge is -2.28. The average Bonchev–Trinajstić information content (AvgIpc) is 3.26. The molecule has 0 spiro atoms. The Morgan fingerprint density at radius 1 is 0.974 bits per heavy atom. The van der Waals surface area contributed by atoms with E-state index in [2.05, 4.69) is 26.6 Å². The van der Waals surface area contributed by atoms with E-state index in [9.17, 15) is 9.59 Å². The van der Waals surface area contributed by atoms with Gasteiger partial charge in [-0.2, -0.15) is 0 Å². The monoisotopic (exact) mass is 633 g/mol. The molecule has 0 aliphatic carbocycles. The van der Waals surface area contributed by atoms with Crippen LogP contribution < -0.4 is 15.4 Å². The normalized spacial score (nSPS) is 17.0. The van der Waals surface area contributed by atoms with E-state index in [4.69, 9.17) is 32.7 Å². The third-order valence-electron chi connectivity index (χ3n) is 5.97. The van der Waals surface area contributed by atoms with Crippen LogP contribution in [0.3, 0.4) is 0 Å². The van der Waals surface area contributed by atoms with Crippen LogP contribution in [0.15, 0.2) is 71.2 Å². The van der Waals surface area contributed by atoms with Crippen LogP contribution in [-0.4, -0.2) is 35.2 Å². The first-order valence-electron chi connectivity index (χ1n) is 12.5. The Morgan fingerprint density at radius 2 is 1.62 bits per heavy atom. The topological polar surface area (TPSA) is 79.9 Å². The maximum Gasteiger partial charge on any atom is 0.410 e. The molecule has 3 aromatic rings. The molecular formula is C29H30BrCl2N3O4. The summed E-state index contributed by atoms with van der Waals surface area (Å²) in [7, 11) is 0. The van der Waals surface area contributed by atoms with Crippen molar-refractivity contribution in [2.45, 2.75) is 51.4 Å². The SMILES string of the molecule is CC(C)(C)OC(=O)N1CC(NC(=O)NCc2ccc(Oc3cc(Cl)cc(Cl)c3)cc2)CC1c1ccc(Br)cc1. The number of hydrogen-bond acceptors (Lipinski definition) is 4. The molecule has 0 radical (unpaired) electrons. The highest BCUT2D eigenvalue weighted by Crippen LogP contribution is 2.34. The van der Waals surface area contributed by atoms with Crippen molar-refractivity contribution >= 4 is 51.3 Å². The van der Waals surface area contributed by atoms with Gasteiger partial charge in [-0.15, -0.1) is 0 Å². The standard InChI is InChI=1S/C29H30BrCl2N3O4/c1-29(2,3)39-28(37)35-17-23(15-26(35)19-6-8-20(30)9-7-19)34-27(36)33-16-18-4-10-24(11-5-18)38-25-13-21(31)12-22(32)14-25/h4-14,23,26H,15-17H2,1-3H3,(H2,33,34,36). The van der Waals surface area contributed by atoms with Gasteiger partial charge in [0, 0.05) is 27.6 Å². The fourth-order valence-electron chi connectivity index (χ4n) is 4.28. The minimum Gasteiger partial charge on any atom is -0.457 e. The van der Waals surface area contributed by atoms with Crippen LogP contribution in [0.5, 0.6) is 11.5 Å². The summed E-state index contributed by atoms with van der Waals surface area (Å²) in [4.78, 5) is 27.4. The number of benzene rings is 3. The Morgan fingerprint density at radius 3 is 2.23 bits per heavy atom. The molecule has 39 heavy (non-hydrogen) atoms. The predicted octanol–water partition coefficient (Wildman–Crippen LogP) is 8.10. The van der Waals surface area contributed by atoms with E-state index >= 15 is 0 Å². The smallest absolute Gasteiger partial charge is 0.410 e. The zero-order valence-corrected chi connectivity index (χ0v) is 24.9.